The Labute approximate surface area is 140 Å². The Kier molecular flexibility index (Phi) is 5.76. The average Bonchev–Trinajstić information content (AvgIpc) is 2.53. The first-order valence-corrected chi connectivity index (χ1v) is 7.58. The highest BCUT2D eigenvalue weighted by atomic mass is 35.5. The van der Waals surface area contributed by atoms with Gasteiger partial charge in [0.15, 0.2) is 0 Å². The lowest BCUT2D eigenvalue weighted by atomic mass is 10.2. The van der Waals surface area contributed by atoms with E-state index in [9.17, 15) is 4.79 Å². The number of carbonyl (C=O) groups is 1. The molecule has 2 N–H and O–H groups in total. The Morgan fingerprint density at radius 1 is 1.30 bits per heavy atom. The van der Waals surface area contributed by atoms with Crippen molar-refractivity contribution in [2.75, 3.05) is 19.0 Å². The van der Waals surface area contributed by atoms with E-state index in [0.29, 0.717) is 34.7 Å². The van der Waals surface area contributed by atoms with Crippen LogP contribution < -0.4 is 15.4 Å². The van der Waals surface area contributed by atoms with Gasteiger partial charge in [0, 0.05) is 11.6 Å². The number of halogens is 1. The molecule has 1 aromatic carbocycles. The first kappa shape index (κ1) is 17.0. The highest BCUT2D eigenvalue weighted by molar-refractivity contribution is 6.31. The zero-order valence-corrected chi connectivity index (χ0v) is 14.0. The van der Waals surface area contributed by atoms with Crippen molar-refractivity contribution in [3.8, 4) is 5.75 Å². The molecule has 0 bridgehead atoms. The van der Waals surface area contributed by atoms with E-state index in [1.165, 1.54) is 12.4 Å². The smallest absolute Gasteiger partial charge is 0.271 e. The van der Waals surface area contributed by atoms with Gasteiger partial charge in [-0.2, -0.15) is 0 Å². The third kappa shape index (κ3) is 4.82. The Bertz CT molecular complexity index is 674. The van der Waals surface area contributed by atoms with Crippen LogP contribution in [0.5, 0.6) is 5.75 Å². The molecule has 2 rings (SSSR count). The molecule has 0 radical (unpaired) electrons. The van der Waals surface area contributed by atoms with Crippen molar-refractivity contribution < 1.29 is 9.53 Å². The summed E-state index contributed by atoms with van der Waals surface area (Å²) in [6.45, 7) is 4.65. The molecule has 0 fully saturated rings. The summed E-state index contributed by atoms with van der Waals surface area (Å²) in [7, 11) is 1.57. The fourth-order valence-corrected chi connectivity index (χ4v) is 1.99. The second kappa shape index (κ2) is 7.78. The van der Waals surface area contributed by atoms with Crippen molar-refractivity contribution in [2.24, 2.45) is 5.92 Å². The first-order valence-electron chi connectivity index (χ1n) is 7.20. The summed E-state index contributed by atoms with van der Waals surface area (Å²) in [4.78, 5) is 20.2. The lowest BCUT2D eigenvalue weighted by Crippen LogP contribution is -2.28. The van der Waals surface area contributed by atoms with Gasteiger partial charge in [-0.3, -0.25) is 4.79 Å². The molecule has 23 heavy (non-hydrogen) atoms. The lowest BCUT2D eigenvalue weighted by Gasteiger charge is -2.11. The number of benzene rings is 1. The highest BCUT2D eigenvalue weighted by Crippen LogP contribution is 2.29. The lowest BCUT2D eigenvalue weighted by molar-refractivity contribution is 0.0943. The number of nitrogens with zero attached hydrogens (tertiary/aromatic N) is 2. The Hall–Kier alpha value is -2.34. The molecule has 0 aliphatic heterocycles. The topological polar surface area (TPSA) is 76.1 Å². The number of hydrogen-bond donors (Lipinski definition) is 2. The van der Waals surface area contributed by atoms with Gasteiger partial charge in [0.05, 0.1) is 25.2 Å². The fraction of sp³-hybridized carbons (Fsp3) is 0.312. The Morgan fingerprint density at radius 2 is 2.09 bits per heavy atom. The normalized spacial score (nSPS) is 10.5. The number of aromatic nitrogens is 2. The third-order valence-corrected chi connectivity index (χ3v) is 3.21. The quantitative estimate of drug-likeness (QED) is 0.848. The molecule has 0 aliphatic carbocycles. The fourth-order valence-electron chi connectivity index (χ4n) is 1.81. The average molecular weight is 335 g/mol. The number of hydrogen-bond acceptors (Lipinski definition) is 5. The zero-order chi connectivity index (χ0) is 16.8. The summed E-state index contributed by atoms with van der Waals surface area (Å²) in [5, 5.41) is 6.43. The van der Waals surface area contributed by atoms with Gasteiger partial charge in [-0.05, 0) is 24.1 Å². The standard InChI is InChI=1S/C16H19ClN4O2/c1-10(2)7-20-16(22)13-8-19-15(9-18-13)21-12-6-11(17)4-5-14(12)23-3/h4-6,8-10H,7H2,1-3H3,(H,19,21)(H,20,22). The molecule has 1 heterocycles. The summed E-state index contributed by atoms with van der Waals surface area (Å²) in [6, 6.07) is 5.22. The molecule has 0 saturated carbocycles. The minimum Gasteiger partial charge on any atom is -0.495 e. The van der Waals surface area contributed by atoms with Gasteiger partial charge in [0.25, 0.3) is 5.91 Å². The van der Waals surface area contributed by atoms with Crippen LogP contribution in [0.1, 0.15) is 24.3 Å². The summed E-state index contributed by atoms with van der Waals surface area (Å²) in [5.41, 5.74) is 0.945. The number of rotatable bonds is 6. The molecule has 2 aromatic rings. The molecule has 7 heteroatoms. The number of anilines is 2. The van der Waals surface area contributed by atoms with E-state index >= 15 is 0 Å². The molecular weight excluding hydrogens is 316 g/mol. The third-order valence-electron chi connectivity index (χ3n) is 2.98. The zero-order valence-electron chi connectivity index (χ0n) is 13.3. The SMILES string of the molecule is COc1ccc(Cl)cc1Nc1cnc(C(=O)NCC(C)C)cn1. The molecular formula is C16H19ClN4O2. The van der Waals surface area contributed by atoms with E-state index < -0.39 is 0 Å². The van der Waals surface area contributed by atoms with Crippen LogP contribution in [0, 0.1) is 5.92 Å². The number of nitrogens with one attached hydrogen (secondary N) is 2. The second-order valence-corrected chi connectivity index (χ2v) is 5.80. The first-order chi connectivity index (χ1) is 11.0. The van der Waals surface area contributed by atoms with Crippen LogP contribution in [-0.2, 0) is 0 Å². The van der Waals surface area contributed by atoms with Gasteiger partial charge in [-0.15, -0.1) is 0 Å². The van der Waals surface area contributed by atoms with Gasteiger partial charge in [0.1, 0.15) is 17.3 Å². The van der Waals surface area contributed by atoms with E-state index in [2.05, 4.69) is 20.6 Å². The second-order valence-electron chi connectivity index (χ2n) is 5.36. The van der Waals surface area contributed by atoms with Crippen LogP contribution in [0.2, 0.25) is 5.02 Å². The largest absolute Gasteiger partial charge is 0.495 e. The summed E-state index contributed by atoms with van der Waals surface area (Å²) in [5.74, 6) is 1.27. The molecule has 0 atom stereocenters. The number of methoxy groups -OCH3 is 1. The molecule has 122 valence electrons. The van der Waals surface area contributed by atoms with Crippen molar-refractivity contribution in [2.45, 2.75) is 13.8 Å². The molecule has 0 spiro atoms. The molecule has 1 amide bonds. The van der Waals surface area contributed by atoms with Gasteiger partial charge in [0.2, 0.25) is 0 Å². The van der Waals surface area contributed by atoms with Crippen molar-refractivity contribution in [3.63, 3.8) is 0 Å². The van der Waals surface area contributed by atoms with Gasteiger partial charge < -0.3 is 15.4 Å². The van der Waals surface area contributed by atoms with E-state index in [4.69, 9.17) is 16.3 Å². The van der Waals surface area contributed by atoms with Crippen LogP contribution >= 0.6 is 11.6 Å². The number of carbonyl (C=O) groups excluding carboxylic acids is 1. The minimum absolute atomic E-state index is 0.238. The Balaban J connectivity index is 2.08. The maximum absolute atomic E-state index is 11.9. The predicted molar refractivity (Wildman–Crippen MR) is 90.5 cm³/mol. The van der Waals surface area contributed by atoms with E-state index in [-0.39, 0.29) is 11.6 Å². The van der Waals surface area contributed by atoms with E-state index in [1.807, 2.05) is 13.8 Å². The Morgan fingerprint density at radius 3 is 2.70 bits per heavy atom. The van der Waals surface area contributed by atoms with E-state index in [0.717, 1.165) is 0 Å². The maximum atomic E-state index is 11.9. The summed E-state index contributed by atoms with van der Waals surface area (Å²) < 4.78 is 5.26. The van der Waals surface area contributed by atoms with Crippen LogP contribution in [0.3, 0.4) is 0 Å². The number of amides is 1. The van der Waals surface area contributed by atoms with Crippen LogP contribution in [0.25, 0.3) is 0 Å². The van der Waals surface area contributed by atoms with Gasteiger partial charge >= 0.3 is 0 Å². The maximum Gasteiger partial charge on any atom is 0.271 e. The van der Waals surface area contributed by atoms with Gasteiger partial charge in [-0.1, -0.05) is 25.4 Å². The summed E-state index contributed by atoms with van der Waals surface area (Å²) >= 11 is 5.98. The molecule has 0 aliphatic rings. The van der Waals surface area contributed by atoms with Crippen molar-refractivity contribution in [3.05, 3.63) is 41.3 Å². The van der Waals surface area contributed by atoms with Crippen molar-refractivity contribution >= 4 is 29.0 Å². The van der Waals surface area contributed by atoms with Crippen LogP contribution in [0.4, 0.5) is 11.5 Å². The molecule has 1 aromatic heterocycles. The molecule has 0 saturated heterocycles. The molecule has 6 nitrogen and oxygen atoms in total. The summed E-state index contributed by atoms with van der Waals surface area (Å²) in [6.07, 6.45) is 2.92. The van der Waals surface area contributed by atoms with Crippen LogP contribution in [-0.4, -0.2) is 29.5 Å². The van der Waals surface area contributed by atoms with E-state index in [1.54, 1.807) is 25.3 Å². The molecule has 0 unspecified atom stereocenters. The monoisotopic (exact) mass is 334 g/mol. The van der Waals surface area contributed by atoms with Crippen molar-refractivity contribution in [1.82, 2.24) is 15.3 Å². The number of ether oxygens (including phenoxy) is 1. The van der Waals surface area contributed by atoms with Gasteiger partial charge in [-0.25, -0.2) is 9.97 Å². The van der Waals surface area contributed by atoms with Crippen LogP contribution in [0.15, 0.2) is 30.6 Å². The predicted octanol–water partition coefficient (Wildman–Crippen LogP) is 3.27. The van der Waals surface area contributed by atoms with Crippen molar-refractivity contribution in [1.29, 1.82) is 0 Å². The minimum atomic E-state index is -0.238. The highest BCUT2D eigenvalue weighted by Gasteiger charge is 2.09.